The smallest absolute Gasteiger partial charge is 0.258 e. The third-order valence-corrected chi connectivity index (χ3v) is 2.41. The molecule has 0 aliphatic carbocycles. The van der Waals surface area contributed by atoms with E-state index in [1.165, 1.54) is 0 Å². The van der Waals surface area contributed by atoms with Crippen LogP contribution in [0.4, 0.5) is 0 Å². The lowest BCUT2D eigenvalue weighted by molar-refractivity contribution is -0.122. The van der Waals surface area contributed by atoms with Crippen molar-refractivity contribution in [3.8, 4) is 11.8 Å². The van der Waals surface area contributed by atoms with Crippen LogP contribution in [0.15, 0.2) is 12.1 Å². The molecule has 1 amide bonds. The zero-order chi connectivity index (χ0) is 13.5. The summed E-state index contributed by atoms with van der Waals surface area (Å²) in [5.74, 6) is 0.306. The van der Waals surface area contributed by atoms with E-state index in [-0.39, 0.29) is 25.7 Å². The van der Waals surface area contributed by atoms with Crippen molar-refractivity contribution < 1.29 is 14.6 Å². The topological polar surface area (TPSA) is 82.3 Å². The number of nitrogens with one attached hydrogen (secondary N) is 1. The second-order valence-electron chi connectivity index (χ2n) is 3.94. The number of hydrogen-bond donors (Lipinski definition) is 2. The summed E-state index contributed by atoms with van der Waals surface area (Å²) in [5.41, 5.74) is 2.55. The normalized spacial score (nSPS) is 9.67. The summed E-state index contributed by atoms with van der Waals surface area (Å²) in [5, 5.41) is 19.8. The Bertz CT molecular complexity index is 455. The molecule has 5 heteroatoms. The summed E-state index contributed by atoms with van der Waals surface area (Å²) >= 11 is 0. The van der Waals surface area contributed by atoms with E-state index in [1.54, 1.807) is 0 Å². The van der Waals surface area contributed by atoms with E-state index in [2.05, 4.69) is 5.32 Å². The quantitative estimate of drug-likeness (QED) is 0.755. The molecule has 0 atom stereocenters. The molecule has 1 rings (SSSR count). The maximum Gasteiger partial charge on any atom is 0.258 e. The second kappa shape index (κ2) is 6.62. The fourth-order valence-electron chi connectivity index (χ4n) is 1.69. The van der Waals surface area contributed by atoms with Crippen LogP contribution in [-0.2, 0) is 11.4 Å². The van der Waals surface area contributed by atoms with Crippen molar-refractivity contribution >= 4 is 5.91 Å². The highest BCUT2D eigenvalue weighted by Gasteiger charge is 2.08. The number of carbonyl (C=O) groups excluding carboxylic acids is 1. The minimum Gasteiger partial charge on any atom is -0.483 e. The van der Waals surface area contributed by atoms with Crippen molar-refractivity contribution in [3.63, 3.8) is 0 Å². The van der Waals surface area contributed by atoms with Crippen LogP contribution in [0.2, 0.25) is 0 Å². The SMILES string of the molecule is Cc1cc(CO)cc(C)c1OCC(=O)NCC#N. The van der Waals surface area contributed by atoms with Gasteiger partial charge in [0.2, 0.25) is 0 Å². The Morgan fingerprint density at radius 2 is 2.06 bits per heavy atom. The van der Waals surface area contributed by atoms with Gasteiger partial charge in [0, 0.05) is 0 Å². The first kappa shape index (κ1) is 14.0. The van der Waals surface area contributed by atoms with Gasteiger partial charge in [-0.2, -0.15) is 5.26 Å². The minimum absolute atomic E-state index is 0.0232. The standard InChI is InChI=1S/C13H16N2O3/c1-9-5-11(7-16)6-10(2)13(9)18-8-12(17)15-4-3-14/h5-6,16H,4,7-8H2,1-2H3,(H,15,17). The van der Waals surface area contributed by atoms with Crippen molar-refractivity contribution in [1.29, 1.82) is 5.26 Å². The second-order valence-corrected chi connectivity index (χ2v) is 3.94. The van der Waals surface area contributed by atoms with E-state index in [4.69, 9.17) is 15.1 Å². The summed E-state index contributed by atoms with van der Waals surface area (Å²) in [7, 11) is 0. The highest BCUT2D eigenvalue weighted by Crippen LogP contribution is 2.24. The zero-order valence-corrected chi connectivity index (χ0v) is 10.5. The monoisotopic (exact) mass is 248 g/mol. The Balaban J connectivity index is 2.68. The maximum absolute atomic E-state index is 11.3. The molecule has 2 N–H and O–H groups in total. The molecule has 0 bridgehead atoms. The van der Waals surface area contributed by atoms with Gasteiger partial charge >= 0.3 is 0 Å². The number of aliphatic hydroxyl groups is 1. The molecule has 0 aliphatic heterocycles. The van der Waals surface area contributed by atoms with Crippen LogP contribution in [0.5, 0.6) is 5.75 Å². The number of benzene rings is 1. The predicted octanol–water partition coefficient (Wildman–Crippen LogP) is 0.814. The fourth-order valence-corrected chi connectivity index (χ4v) is 1.69. The lowest BCUT2D eigenvalue weighted by atomic mass is 10.1. The van der Waals surface area contributed by atoms with Gasteiger partial charge in [0.05, 0.1) is 12.7 Å². The van der Waals surface area contributed by atoms with Crippen molar-refractivity contribution in [3.05, 3.63) is 28.8 Å². The number of rotatable bonds is 5. The van der Waals surface area contributed by atoms with Crippen molar-refractivity contribution in [2.24, 2.45) is 0 Å². The van der Waals surface area contributed by atoms with Crippen LogP contribution in [0.3, 0.4) is 0 Å². The molecule has 0 heterocycles. The molecule has 96 valence electrons. The number of nitriles is 1. The molecule has 0 unspecified atom stereocenters. The molecule has 5 nitrogen and oxygen atoms in total. The Hall–Kier alpha value is -2.06. The first-order valence-electron chi connectivity index (χ1n) is 5.56. The molecule has 0 saturated heterocycles. The van der Waals surface area contributed by atoms with Crippen molar-refractivity contribution in [2.75, 3.05) is 13.2 Å². The van der Waals surface area contributed by atoms with Crippen LogP contribution in [-0.4, -0.2) is 24.2 Å². The molecular formula is C13H16N2O3. The van der Waals surface area contributed by atoms with E-state index >= 15 is 0 Å². The lowest BCUT2D eigenvalue weighted by Crippen LogP contribution is -2.29. The van der Waals surface area contributed by atoms with Crippen LogP contribution in [0.1, 0.15) is 16.7 Å². The van der Waals surface area contributed by atoms with E-state index in [0.717, 1.165) is 16.7 Å². The summed E-state index contributed by atoms with van der Waals surface area (Å²) in [6.07, 6.45) is 0. The summed E-state index contributed by atoms with van der Waals surface area (Å²) in [6.45, 7) is 3.54. The Kier molecular flexibility index (Phi) is 5.15. The van der Waals surface area contributed by atoms with E-state index in [9.17, 15) is 4.79 Å². The zero-order valence-electron chi connectivity index (χ0n) is 10.5. The maximum atomic E-state index is 11.3. The van der Waals surface area contributed by atoms with Gasteiger partial charge in [-0.25, -0.2) is 0 Å². The third-order valence-electron chi connectivity index (χ3n) is 2.41. The number of nitrogens with zero attached hydrogens (tertiary/aromatic N) is 1. The van der Waals surface area contributed by atoms with Gasteiger partial charge in [0.1, 0.15) is 12.3 Å². The number of hydrogen-bond acceptors (Lipinski definition) is 4. The first-order valence-corrected chi connectivity index (χ1v) is 5.56. The molecule has 0 radical (unpaired) electrons. The molecule has 0 spiro atoms. The van der Waals surface area contributed by atoms with Crippen molar-refractivity contribution in [1.82, 2.24) is 5.32 Å². The highest BCUT2D eigenvalue weighted by atomic mass is 16.5. The molecular weight excluding hydrogens is 232 g/mol. The molecule has 18 heavy (non-hydrogen) atoms. The number of amides is 1. The van der Waals surface area contributed by atoms with Gasteiger partial charge in [0.25, 0.3) is 5.91 Å². The molecule has 1 aromatic carbocycles. The minimum atomic E-state index is -0.332. The molecule has 0 saturated carbocycles. The summed E-state index contributed by atoms with van der Waals surface area (Å²) in [4.78, 5) is 11.3. The van der Waals surface area contributed by atoms with Gasteiger partial charge in [-0.1, -0.05) is 12.1 Å². The number of ether oxygens (including phenoxy) is 1. The number of aliphatic hydroxyl groups excluding tert-OH is 1. The van der Waals surface area contributed by atoms with Crippen LogP contribution < -0.4 is 10.1 Å². The van der Waals surface area contributed by atoms with Gasteiger partial charge in [-0.3, -0.25) is 4.79 Å². The summed E-state index contributed by atoms with van der Waals surface area (Å²) < 4.78 is 5.42. The van der Waals surface area contributed by atoms with Crippen LogP contribution in [0.25, 0.3) is 0 Å². The molecule has 0 fully saturated rings. The Labute approximate surface area is 106 Å². The molecule has 0 aliphatic rings. The summed E-state index contributed by atoms with van der Waals surface area (Å²) in [6, 6.07) is 5.45. The third kappa shape index (κ3) is 3.75. The van der Waals surface area contributed by atoms with E-state index < -0.39 is 0 Å². The predicted molar refractivity (Wildman–Crippen MR) is 66.0 cm³/mol. The van der Waals surface area contributed by atoms with Gasteiger partial charge in [-0.05, 0) is 30.5 Å². The average molecular weight is 248 g/mol. The fraction of sp³-hybridized carbons (Fsp3) is 0.385. The van der Waals surface area contributed by atoms with E-state index in [0.29, 0.717) is 5.75 Å². The van der Waals surface area contributed by atoms with Crippen LogP contribution >= 0.6 is 0 Å². The Morgan fingerprint density at radius 3 is 2.56 bits per heavy atom. The average Bonchev–Trinajstić information content (AvgIpc) is 2.34. The largest absolute Gasteiger partial charge is 0.483 e. The van der Waals surface area contributed by atoms with Crippen molar-refractivity contribution in [2.45, 2.75) is 20.5 Å². The van der Waals surface area contributed by atoms with Gasteiger partial charge < -0.3 is 15.2 Å². The Morgan fingerprint density at radius 1 is 1.44 bits per heavy atom. The van der Waals surface area contributed by atoms with E-state index in [1.807, 2.05) is 32.0 Å². The first-order chi connectivity index (χ1) is 8.58. The van der Waals surface area contributed by atoms with Gasteiger partial charge in [0.15, 0.2) is 6.61 Å². The number of carbonyl (C=O) groups is 1. The van der Waals surface area contributed by atoms with Crippen LogP contribution in [0, 0.1) is 25.2 Å². The lowest BCUT2D eigenvalue weighted by Gasteiger charge is -2.13. The molecule has 1 aromatic rings. The number of aryl methyl sites for hydroxylation is 2. The van der Waals surface area contributed by atoms with Gasteiger partial charge in [-0.15, -0.1) is 0 Å². The highest BCUT2D eigenvalue weighted by molar-refractivity contribution is 5.77. The molecule has 0 aromatic heterocycles.